The van der Waals surface area contributed by atoms with E-state index in [0.29, 0.717) is 25.7 Å². The predicted molar refractivity (Wildman–Crippen MR) is 72.8 cm³/mol. The molecular weight excluding hydrogens is 276 g/mol. The number of carboxylic acid groups (broad SMARTS) is 1. The Labute approximate surface area is 121 Å². The number of hydrogen-bond donors (Lipinski definition) is 4. The van der Waals surface area contributed by atoms with Crippen LogP contribution in [0.1, 0.15) is 46.7 Å². The van der Waals surface area contributed by atoms with E-state index in [0.717, 1.165) is 0 Å². The molecule has 8 nitrogen and oxygen atoms in total. The summed E-state index contributed by atoms with van der Waals surface area (Å²) in [4.78, 5) is 41.1. The molecule has 0 aliphatic heterocycles. The monoisotopic (exact) mass is 294 g/mol. The van der Waals surface area contributed by atoms with Crippen LogP contribution >= 0.6 is 0 Å². The minimum absolute atomic E-state index is 0.0502. The van der Waals surface area contributed by atoms with Gasteiger partial charge in [-0.2, -0.15) is 0 Å². The molecule has 2 amide bonds. The lowest BCUT2D eigenvalue weighted by molar-refractivity contribution is -0.142. The number of nitrogens with zero attached hydrogens (tertiary/aromatic N) is 1. The molecule has 1 aliphatic rings. The summed E-state index contributed by atoms with van der Waals surface area (Å²) in [5.41, 5.74) is 0.170. The van der Waals surface area contributed by atoms with Crippen LogP contribution in [0.15, 0.2) is 6.33 Å². The van der Waals surface area contributed by atoms with Crippen LogP contribution in [-0.2, 0) is 4.79 Å². The average molecular weight is 294 g/mol. The lowest BCUT2D eigenvalue weighted by Crippen LogP contribution is -2.39. The molecule has 1 fully saturated rings. The number of carboxylic acids is 1. The van der Waals surface area contributed by atoms with Crippen molar-refractivity contribution >= 4 is 17.8 Å². The zero-order valence-corrected chi connectivity index (χ0v) is 11.7. The second-order valence-electron chi connectivity index (χ2n) is 5.07. The van der Waals surface area contributed by atoms with Gasteiger partial charge in [0.05, 0.1) is 12.2 Å². The summed E-state index contributed by atoms with van der Waals surface area (Å²) in [6.45, 7) is 0. The van der Waals surface area contributed by atoms with Crippen LogP contribution in [0.4, 0.5) is 0 Å². The van der Waals surface area contributed by atoms with Gasteiger partial charge in [0.25, 0.3) is 11.8 Å². The van der Waals surface area contributed by atoms with E-state index in [2.05, 4.69) is 20.6 Å². The van der Waals surface area contributed by atoms with Crippen LogP contribution in [0.3, 0.4) is 0 Å². The molecule has 0 aromatic carbocycles. The van der Waals surface area contributed by atoms with Crippen LogP contribution in [0, 0.1) is 5.92 Å². The Morgan fingerprint density at radius 1 is 1.24 bits per heavy atom. The van der Waals surface area contributed by atoms with E-state index in [1.807, 2.05) is 0 Å². The second kappa shape index (κ2) is 6.38. The summed E-state index contributed by atoms with van der Waals surface area (Å²) >= 11 is 0. The van der Waals surface area contributed by atoms with E-state index in [-0.39, 0.29) is 23.3 Å². The summed E-state index contributed by atoms with van der Waals surface area (Å²) in [6, 6.07) is -0.0751. The van der Waals surface area contributed by atoms with Crippen LogP contribution in [0.5, 0.6) is 0 Å². The number of aromatic nitrogens is 2. The maximum absolute atomic E-state index is 12.2. The maximum Gasteiger partial charge on any atom is 0.306 e. The van der Waals surface area contributed by atoms with E-state index in [4.69, 9.17) is 5.11 Å². The molecule has 0 unspecified atom stereocenters. The highest BCUT2D eigenvalue weighted by Gasteiger charge is 2.28. The number of carbonyl (C=O) groups is 3. The van der Waals surface area contributed by atoms with Gasteiger partial charge in [0.2, 0.25) is 0 Å². The highest BCUT2D eigenvalue weighted by molar-refractivity contribution is 6.04. The van der Waals surface area contributed by atoms with Gasteiger partial charge in [0, 0.05) is 13.1 Å². The van der Waals surface area contributed by atoms with Gasteiger partial charge in [0.1, 0.15) is 5.69 Å². The number of amides is 2. The largest absolute Gasteiger partial charge is 0.481 e. The standard InChI is InChI=1S/C13H18N4O4/c1-14-11(18)9-10(16-6-15-9)12(19)17-8-4-2-7(3-5-8)13(20)21/h6-8H,2-5H2,1H3,(H,14,18)(H,15,16)(H,17,19)(H,20,21)/t7-,8-. The van der Waals surface area contributed by atoms with Gasteiger partial charge >= 0.3 is 5.97 Å². The van der Waals surface area contributed by atoms with Crippen molar-refractivity contribution in [2.24, 2.45) is 5.92 Å². The van der Waals surface area contributed by atoms with E-state index in [9.17, 15) is 14.4 Å². The molecule has 4 N–H and O–H groups in total. The molecule has 0 radical (unpaired) electrons. The summed E-state index contributed by atoms with van der Waals surface area (Å²) < 4.78 is 0. The zero-order valence-electron chi connectivity index (χ0n) is 11.7. The lowest BCUT2D eigenvalue weighted by Gasteiger charge is -2.26. The molecule has 0 saturated heterocycles. The molecule has 21 heavy (non-hydrogen) atoms. The van der Waals surface area contributed by atoms with Gasteiger partial charge in [-0.3, -0.25) is 14.4 Å². The lowest BCUT2D eigenvalue weighted by atomic mass is 9.86. The molecular formula is C13H18N4O4. The quantitative estimate of drug-likeness (QED) is 0.629. The SMILES string of the molecule is CNC(=O)c1nc[nH]c1C(=O)N[C@H]1CC[C@H](C(=O)O)CC1. The van der Waals surface area contributed by atoms with Crippen molar-refractivity contribution in [2.45, 2.75) is 31.7 Å². The number of aliphatic carboxylic acids is 1. The molecule has 114 valence electrons. The number of rotatable bonds is 4. The first-order valence-electron chi connectivity index (χ1n) is 6.82. The highest BCUT2D eigenvalue weighted by Crippen LogP contribution is 2.24. The maximum atomic E-state index is 12.2. The molecule has 1 saturated carbocycles. The number of carbonyl (C=O) groups excluding carboxylic acids is 2. The zero-order chi connectivity index (χ0) is 15.4. The van der Waals surface area contributed by atoms with Crippen LogP contribution in [0.25, 0.3) is 0 Å². The molecule has 1 aromatic rings. The van der Waals surface area contributed by atoms with Crippen molar-refractivity contribution in [1.82, 2.24) is 20.6 Å². The highest BCUT2D eigenvalue weighted by atomic mass is 16.4. The number of imidazole rings is 1. The number of aromatic amines is 1. The molecule has 0 atom stereocenters. The molecule has 0 bridgehead atoms. The minimum Gasteiger partial charge on any atom is -0.481 e. The smallest absolute Gasteiger partial charge is 0.306 e. The summed E-state index contributed by atoms with van der Waals surface area (Å²) in [5, 5.41) is 14.2. The van der Waals surface area contributed by atoms with Crippen molar-refractivity contribution in [3.8, 4) is 0 Å². The van der Waals surface area contributed by atoms with Gasteiger partial charge in [0.15, 0.2) is 5.69 Å². The topological polar surface area (TPSA) is 124 Å². The molecule has 8 heteroatoms. The Kier molecular flexibility index (Phi) is 4.56. The van der Waals surface area contributed by atoms with Gasteiger partial charge in [-0.1, -0.05) is 0 Å². The van der Waals surface area contributed by atoms with Crippen LogP contribution in [-0.4, -0.2) is 45.9 Å². The number of nitrogens with one attached hydrogen (secondary N) is 3. The molecule has 1 aliphatic carbocycles. The second-order valence-corrected chi connectivity index (χ2v) is 5.07. The Hall–Kier alpha value is -2.38. The van der Waals surface area contributed by atoms with Crippen molar-refractivity contribution in [1.29, 1.82) is 0 Å². The van der Waals surface area contributed by atoms with Gasteiger partial charge in [-0.25, -0.2) is 4.98 Å². The Morgan fingerprint density at radius 2 is 1.90 bits per heavy atom. The van der Waals surface area contributed by atoms with Crippen molar-refractivity contribution in [3.05, 3.63) is 17.7 Å². The number of hydrogen-bond acceptors (Lipinski definition) is 4. The average Bonchev–Trinajstić information content (AvgIpc) is 2.96. The third-order valence-electron chi connectivity index (χ3n) is 3.72. The first-order valence-corrected chi connectivity index (χ1v) is 6.82. The Bertz CT molecular complexity index is 546. The fraction of sp³-hybridized carbons (Fsp3) is 0.538. The van der Waals surface area contributed by atoms with Crippen LogP contribution < -0.4 is 10.6 Å². The Morgan fingerprint density at radius 3 is 2.48 bits per heavy atom. The first kappa shape index (κ1) is 15.0. The van der Waals surface area contributed by atoms with Gasteiger partial charge in [-0.15, -0.1) is 0 Å². The van der Waals surface area contributed by atoms with Crippen LogP contribution in [0.2, 0.25) is 0 Å². The number of H-pyrrole nitrogens is 1. The predicted octanol–water partition coefficient (Wildman–Crippen LogP) is 0.142. The van der Waals surface area contributed by atoms with E-state index >= 15 is 0 Å². The van der Waals surface area contributed by atoms with E-state index < -0.39 is 17.8 Å². The fourth-order valence-corrected chi connectivity index (χ4v) is 2.50. The first-order chi connectivity index (χ1) is 10.0. The van der Waals surface area contributed by atoms with E-state index in [1.54, 1.807) is 0 Å². The molecule has 1 heterocycles. The molecule has 0 spiro atoms. The fourth-order valence-electron chi connectivity index (χ4n) is 2.50. The van der Waals surface area contributed by atoms with Crippen molar-refractivity contribution in [3.63, 3.8) is 0 Å². The Balaban J connectivity index is 1.95. The van der Waals surface area contributed by atoms with Gasteiger partial charge < -0.3 is 20.7 Å². The van der Waals surface area contributed by atoms with Crippen molar-refractivity contribution < 1.29 is 19.5 Å². The third-order valence-corrected chi connectivity index (χ3v) is 3.72. The minimum atomic E-state index is -0.782. The normalized spacial score (nSPS) is 21.6. The molecule has 1 aromatic heterocycles. The van der Waals surface area contributed by atoms with Gasteiger partial charge in [-0.05, 0) is 25.7 Å². The third kappa shape index (κ3) is 3.39. The van der Waals surface area contributed by atoms with Crippen molar-refractivity contribution in [2.75, 3.05) is 7.05 Å². The summed E-state index contributed by atoms with van der Waals surface area (Å²) in [6.07, 6.45) is 3.62. The molecule has 2 rings (SSSR count). The summed E-state index contributed by atoms with van der Waals surface area (Å²) in [7, 11) is 1.46. The summed E-state index contributed by atoms with van der Waals surface area (Å²) in [5.74, 6) is -1.94. The van der Waals surface area contributed by atoms with E-state index in [1.165, 1.54) is 13.4 Å².